The molecule has 0 aromatic heterocycles. The van der Waals surface area contributed by atoms with Crippen molar-refractivity contribution in [3.63, 3.8) is 0 Å². The van der Waals surface area contributed by atoms with Crippen molar-refractivity contribution >= 4 is 12.0 Å². The fourth-order valence-corrected chi connectivity index (χ4v) is 2.39. The first kappa shape index (κ1) is 19.5. The smallest absolute Gasteiger partial charge is 0.244 e. The van der Waals surface area contributed by atoms with Crippen LogP contribution in [0.2, 0.25) is 0 Å². The van der Waals surface area contributed by atoms with Gasteiger partial charge in [0.15, 0.2) is 11.5 Å². The molecule has 1 N–H and O–H groups in total. The lowest BCUT2D eigenvalue weighted by Gasteiger charge is -2.16. The van der Waals surface area contributed by atoms with Crippen molar-refractivity contribution < 1.29 is 19.0 Å². The number of benzene rings is 2. The predicted molar refractivity (Wildman–Crippen MR) is 102 cm³/mol. The van der Waals surface area contributed by atoms with Crippen LogP contribution >= 0.6 is 0 Å². The van der Waals surface area contributed by atoms with Crippen LogP contribution in [-0.2, 0) is 9.53 Å². The van der Waals surface area contributed by atoms with Crippen LogP contribution < -0.4 is 14.8 Å². The topological polar surface area (TPSA) is 56.8 Å². The van der Waals surface area contributed by atoms with E-state index >= 15 is 0 Å². The molecule has 0 spiro atoms. The van der Waals surface area contributed by atoms with Crippen LogP contribution in [0.15, 0.2) is 54.6 Å². The molecule has 1 unspecified atom stereocenters. The zero-order chi connectivity index (χ0) is 18.8. The molecular weight excluding hydrogens is 330 g/mol. The fourth-order valence-electron chi connectivity index (χ4n) is 2.39. The molecule has 0 fully saturated rings. The van der Waals surface area contributed by atoms with Crippen molar-refractivity contribution in [2.45, 2.75) is 13.0 Å². The van der Waals surface area contributed by atoms with Gasteiger partial charge in [-0.1, -0.05) is 36.4 Å². The van der Waals surface area contributed by atoms with Gasteiger partial charge in [-0.2, -0.15) is 0 Å². The molecule has 0 heterocycles. The number of hydrogen-bond donors (Lipinski definition) is 1. The summed E-state index contributed by atoms with van der Waals surface area (Å²) in [5.41, 5.74) is 1.91. The number of rotatable bonds is 9. The van der Waals surface area contributed by atoms with Gasteiger partial charge in [-0.05, 0) is 36.3 Å². The summed E-state index contributed by atoms with van der Waals surface area (Å²) in [5, 5.41) is 2.95. The summed E-state index contributed by atoms with van der Waals surface area (Å²) in [4.78, 5) is 12.1. The Labute approximate surface area is 154 Å². The lowest BCUT2D eigenvalue weighted by atomic mass is 10.1. The highest BCUT2D eigenvalue weighted by Crippen LogP contribution is 2.30. The third kappa shape index (κ3) is 5.93. The van der Waals surface area contributed by atoms with E-state index in [1.54, 1.807) is 20.3 Å². The molecule has 5 heteroatoms. The number of methoxy groups -OCH3 is 2. The number of hydrogen-bond acceptors (Lipinski definition) is 4. The second-order valence-electron chi connectivity index (χ2n) is 5.73. The van der Waals surface area contributed by atoms with Crippen LogP contribution in [0, 0.1) is 0 Å². The Balaban J connectivity index is 1.98. The van der Waals surface area contributed by atoms with E-state index < -0.39 is 0 Å². The molecule has 0 saturated heterocycles. The molecule has 2 rings (SSSR count). The molecule has 0 radical (unpaired) electrons. The molecule has 0 aliphatic rings. The second-order valence-corrected chi connectivity index (χ2v) is 5.73. The van der Waals surface area contributed by atoms with E-state index in [-0.39, 0.29) is 11.9 Å². The third-order valence-electron chi connectivity index (χ3n) is 3.82. The van der Waals surface area contributed by atoms with Crippen LogP contribution in [0.25, 0.3) is 6.08 Å². The van der Waals surface area contributed by atoms with Crippen molar-refractivity contribution in [3.8, 4) is 11.5 Å². The lowest BCUT2D eigenvalue weighted by Crippen LogP contribution is -2.24. The van der Waals surface area contributed by atoms with Gasteiger partial charge < -0.3 is 19.5 Å². The monoisotopic (exact) mass is 355 g/mol. The quantitative estimate of drug-likeness (QED) is 0.551. The van der Waals surface area contributed by atoms with E-state index in [9.17, 15) is 4.79 Å². The molecule has 0 aliphatic heterocycles. The van der Waals surface area contributed by atoms with E-state index in [4.69, 9.17) is 14.2 Å². The summed E-state index contributed by atoms with van der Waals surface area (Å²) in [6, 6.07) is 15.2. The minimum Gasteiger partial charge on any atom is -0.493 e. The van der Waals surface area contributed by atoms with Gasteiger partial charge in [0.05, 0.1) is 19.8 Å². The Bertz CT molecular complexity index is 728. The van der Waals surface area contributed by atoms with Gasteiger partial charge in [-0.25, -0.2) is 0 Å². The summed E-state index contributed by atoms with van der Waals surface area (Å²) >= 11 is 0. The first-order chi connectivity index (χ1) is 12.6. The standard InChI is InChI=1S/C21H25NO4/c1-16(22-21(23)12-9-17-7-5-4-6-8-17)18-10-11-19(20(15-18)25-3)26-14-13-24-2/h4-12,15-16H,13-14H2,1-3H3,(H,22,23)/b12-9+. The van der Waals surface area contributed by atoms with Crippen molar-refractivity contribution in [2.24, 2.45) is 0 Å². The van der Waals surface area contributed by atoms with Crippen LogP contribution in [0.1, 0.15) is 24.1 Å². The predicted octanol–water partition coefficient (Wildman–Crippen LogP) is 3.61. The Hall–Kier alpha value is -2.79. The number of carbonyl (C=O) groups excluding carboxylic acids is 1. The zero-order valence-corrected chi connectivity index (χ0v) is 15.4. The average Bonchev–Trinajstić information content (AvgIpc) is 2.67. The Morgan fingerprint density at radius 3 is 2.54 bits per heavy atom. The Kier molecular flexibility index (Phi) is 7.71. The molecular formula is C21H25NO4. The normalized spacial score (nSPS) is 12.0. The lowest BCUT2D eigenvalue weighted by molar-refractivity contribution is -0.117. The summed E-state index contributed by atoms with van der Waals surface area (Å²) in [7, 11) is 3.22. The van der Waals surface area contributed by atoms with E-state index in [2.05, 4.69) is 5.32 Å². The van der Waals surface area contributed by atoms with Gasteiger partial charge in [0.25, 0.3) is 0 Å². The van der Waals surface area contributed by atoms with E-state index in [0.29, 0.717) is 24.7 Å². The molecule has 0 aliphatic carbocycles. The SMILES string of the molecule is COCCOc1ccc(C(C)NC(=O)/C=C/c2ccccc2)cc1OC. The van der Waals surface area contributed by atoms with Crippen LogP contribution in [0.3, 0.4) is 0 Å². The highest BCUT2D eigenvalue weighted by molar-refractivity contribution is 5.91. The molecule has 0 saturated carbocycles. The van der Waals surface area contributed by atoms with Gasteiger partial charge in [-0.3, -0.25) is 4.79 Å². The minimum absolute atomic E-state index is 0.152. The van der Waals surface area contributed by atoms with E-state index in [1.807, 2.05) is 55.5 Å². The largest absolute Gasteiger partial charge is 0.493 e. The zero-order valence-electron chi connectivity index (χ0n) is 15.4. The van der Waals surface area contributed by atoms with Crippen LogP contribution in [0.5, 0.6) is 11.5 Å². The minimum atomic E-state index is -0.162. The first-order valence-electron chi connectivity index (χ1n) is 8.47. The maximum atomic E-state index is 12.1. The van der Waals surface area contributed by atoms with Gasteiger partial charge in [0, 0.05) is 13.2 Å². The number of carbonyl (C=O) groups is 1. The third-order valence-corrected chi connectivity index (χ3v) is 3.82. The summed E-state index contributed by atoms with van der Waals surface area (Å²) < 4.78 is 16.0. The molecule has 138 valence electrons. The van der Waals surface area contributed by atoms with Gasteiger partial charge in [0.1, 0.15) is 6.61 Å². The summed E-state index contributed by atoms with van der Waals surface area (Å²) in [6.07, 6.45) is 3.32. The summed E-state index contributed by atoms with van der Waals surface area (Å²) in [6.45, 7) is 2.88. The fraction of sp³-hybridized carbons (Fsp3) is 0.286. The average molecular weight is 355 g/mol. The van der Waals surface area contributed by atoms with Crippen LogP contribution in [0.4, 0.5) is 0 Å². The molecule has 1 amide bonds. The van der Waals surface area contributed by atoms with Crippen molar-refractivity contribution in [3.05, 3.63) is 65.7 Å². The van der Waals surface area contributed by atoms with Crippen LogP contribution in [-0.4, -0.2) is 33.3 Å². The van der Waals surface area contributed by atoms with Crippen molar-refractivity contribution in [1.29, 1.82) is 0 Å². The second kappa shape index (κ2) is 10.3. The van der Waals surface area contributed by atoms with Gasteiger partial charge in [0.2, 0.25) is 5.91 Å². The molecule has 5 nitrogen and oxygen atoms in total. The van der Waals surface area contributed by atoms with E-state index in [0.717, 1.165) is 11.1 Å². The summed E-state index contributed by atoms with van der Waals surface area (Å²) in [5.74, 6) is 1.12. The van der Waals surface area contributed by atoms with Crippen molar-refractivity contribution in [2.75, 3.05) is 27.4 Å². The highest BCUT2D eigenvalue weighted by Gasteiger charge is 2.12. The molecule has 2 aromatic rings. The number of nitrogens with one attached hydrogen (secondary N) is 1. The molecule has 26 heavy (non-hydrogen) atoms. The van der Waals surface area contributed by atoms with E-state index in [1.165, 1.54) is 6.08 Å². The van der Waals surface area contributed by atoms with Gasteiger partial charge >= 0.3 is 0 Å². The maximum Gasteiger partial charge on any atom is 0.244 e. The van der Waals surface area contributed by atoms with Gasteiger partial charge in [-0.15, -0.1) is 0 Å². The maximum absolute atomic E-state index is 12.1. The Morgan fingerprint density at radius 2 is 1.85 bits per heavy atom. The molecule has 2 aromatic carbocycles. The Morgan fingerprint density at radius 1 is 1.08 bits per heavy atom. The van der Waals surface area contributed by atoms with Crippen molar-refractivity contribution in [1.82, 2.24) is 5.32 Å². The number of amides is 1. The number of ether oxygens (including phenoxy) is 3. The molecule has 1 atom stereocenters. The molecule has 0 bridgehead atoms. The highest BCUT2D eigenvalue weighted by atomic mass is 16.5. The first-order valence-corrected chi connectivity index (χ1v) is 8.47.